The maximum absolute atomic E-state index is 12.5. The molecule has 1 unspecified atom stereocenters. The molecule has 158 valence electrons. The third kappa shape index (κ3) is 4.69. The number of hydrogen-bond acceptors (Lipinski definition) is 7. The first-order valence-electron chi connectivity index (χ1n) is 9.25. The van der Waals surface area contributed by atoms with E-state index in [4.69, 9.17) is 13.9 Å². The summed E-state index contributed by atoms with van der Waals surface area (Å²) >= 11 is 0. The third-order valence-corrected chi connectivity index (χ3v) is 9.86. The van der Waals surface area contributed by atoms with Gasteiger partial charge in [0.05, 0.1) is 6.61 Å². The number of nitrogens with one attached hydrogen (secondary N) is 1. The molecule has 0 radical (unpaired) electrons. The van der Waals surface area contributed by atoms with Crippen molar-refractivity contribution in [2.24, 2.45) is 0 Å². The number of aromatic nitrogens is 2. The number of anilines is 1. The molecule has 0 saturated carbocycles. The molecule has 0 aromatic carbocycles. The van der Waals surface area contributed by atoms with Crippen molar-refractivity contribution in [3.05, 3.63) is 22.7 Å². The summed E-state index contributed by atoms with van der Waals surface area (Å²) in [5.74, 6) is -0.159. The Kier molecular flexibility index (Phi) is 6.82. The zero-order valence-electron chi connectivity index (χ0n) is 17.6. The number of carbonyl (C=O) groups is 1. The van der Waals surface area contributed by atoms with Crippen LogP contribution in [0.3, 0.4) is 0 Å². The van der Waals surface area contributed by atoms with E-state index in [0.29, 0.717) is 0 Å². The quantitative estimate of drug-likeness (QED) is 0.680. The first kappa shape index (κ1) is 22.7. The molecule has 1 amide bonds. The van der Waals surface area contributed by atoms with Crippen molar-refractivity contribution < 1.29 is 23.8 Å². The van der Waals surface area contributed by atoms with Crippen molar-refractivity contribution in [3.63, 3.8) is 0 Å². The Bertz CT molecular complexity index is 760. The van der Waals surface area contributed by atoms with E-state index < -0.39 is 38.5 Å². The molecule has 1 saturated heterocycles. The molecular formula is C18H31N3O6Si. The first-order valence-corrected chi connectivity index (χ1v) is 12.2. The van der Waals surface area contributed by atoms with Crippen LogP contribution in [0.1, 0.15) is 33.9 Å². The van der Waals surface area contributed by atoms with Crippen LogP contribution < -0.4 is 11.0 Å². The summed E-state index contributed by atoms with van der Waals surface area (Å²) < 4.78 is 19.3. The van der Waals surface area contributed by atoms with E-state index in [1.54, 1.807) is 0 Å². The molecule has 1 aromatic rings. The molecule has 10 heteroatoms. The van der Waals surface area contributed by atoms with Crippen LogP contribution in [0.25, 0.3) is 0 Å². The number of carbonyl (C=O) groups excluding carboxylic acids is 1. The molecule has 9 nitrogen and oxygen atoms in total. The molecule has 0 aliphatic carbocycles. The van der Waals surface area contributed by atoms with Crippen molar-refractivity contribution in [2.45, 2.75) is 70.4 Å². The molecule has 1 aliphatic heterocycles. The van der Waals surface area contributed by atoms with Gasteiger partial charge in [-0.1, -0.05) is 20.8 Å². The predicted molar refractivity (Wildman–Crippen MR) is 107 cm³/mol. The van der Waals surface area contributed by atoms with E-state index in [0.717, 1.165) is 0 Å². The van der Waals surface area contributed by atoms with Crippen molar-refractivity contribution in [3.8, 4) is 0 Å². The zero-order valence-corrected chi connectivity index (χ0v) is 18.6. The molecule has 4 atom stereocenters. The second kappa shape index (κ2) is 8.42. The van der Waals surface area contributed by atoms with Gasteiger partial charge in [0.1, 0.15) is 24.1 Å². The minimum absolute atomic E-state index is 0.0399. The molecule has 0 bridgehead atoms. The normalized spacial score (nSPS) is 25.7. The highest BCUT2D eigenvalue weighted by Crippen LogP contribution is 2.41. The van der Waals surface area contributed by atoms with Crippen LogP contribution in [0.15, 0.2) is 17.1 Å². The van der Waals surface area contributed by atoms with Crippen LogP contribution in [0.5, 0.6) is 0 Å². The fourth-order valence-electron chi connectivity index (χ4n) is 2.85. The lowest BCUT2D eigenvalue weighted by molar-refractivity contribution is -0.114. The number of aliphatic hydroxyl groups is 1. The van der Waals surface area contributed by atoms with Crippen LogP contribution in [-0.4, -0.2) is 60.9 Å². The highest BCUT2D eigenvalue weighted by molar-refractivity contribution is 6.74. The highest BCUT2D eigenvalue weighted by Gasteiger charge is 2.51. The van der Waals surface area contributed by atoms with Crippen molar-refractivity contribution >= 4 is 20.0 Å². The Labute approximate surface area is 166 Å². The van der Waals surface area contributed by atoms with Gasteiger partial charge in [-0.2, -0.15) is 4.98 Å². The summed E-state index contributed by atoms with van der Waals surface area (Å²) in [6.45, 7) is 11.7. The Morgan fingerprint density at radius 1 is 1.39 bits per heavy atom. The maximum atomic E-state index is 12.5. The molecule has 2 N–H and O–H groups in total. The molecule has 1 aromatic heterocycles. The molecule has 1 aliphatic rings. The first-order chi connectivity index (χ1) is 12.9. The molecule has 2 heterocycles. The number of ether oxygens (including phenoxy) is 2. The lowest BCUT2D eigenvalue weighted by Gasteiger charge is -2.40. The van der Waals surface area contributed by atoms with E-state index in [1.165, 1.54) is 30.9 Å². The Hall–Kier alpha value is -1.59. The molecule has 2 rings (SSSR count). The topological polar surface area (TPSA) is 112 Å². The molecule has 0 spiro atoms. The van der Waals surface area contributed by atoms with Gasteiger partial charge in [-0.25, -0.2) is 4.79 Å². The van der Waals surface area contributed by atoms with Gasteiger partial charge in [-0.15, -0.1) is 0 Å². The highest BCUT2D eigenvalue weighted by atomic mass is 28.4. The van der Waals surface area contributed by atoms with Gasteiger partial charge >= 0.3 is 5.69 Å². The Morgan fingerprint density at radius 3 is 2.50 bits per heavy atom. The third-order valence-electron chi connectivity index (χ3n) is 5.38. The summed E-state index contributed by atoms with van der Waals surface area (Å²) in [4.78, 5) is 27.5. The van der Waals surface area contributed by atoms with E-state index in [9.17, 15) is 14.7 Å². The van der Waals surface area contributed by atoms with Gasteiger partial charge in [-0.05, 0) is 24.2 Å². The van der Waals surface area contributed by atoms with Crippen LogP contribution in [0.2, 0.25) is 18.1 Å². The van der Waals surface area contributed by atoms with Gasteiger partial charge in [0, 0.05) is 20.2 Å². The lowest BCUT2D eigenvalue weighted by atomic mass is 10.1. The summed E-state index contributed by atoms with van der Waals surface area (Å²) in [6, 6.07) is 1.51. The number of amides is 1. The number of hydrogen-bond donors (Lipinski definition) is 2. The largest absolute Gasteiger partial charge is 0.408 e. The van der Waals surface area contributed by atoms with Crippen molar-refractivity contribution in [1.29, 1.82) is 0 Å². The summed E-state index contributed by atoms with van der Waals surface area (Å²) in [5, 5.41) is 12.3. The minimum Gasteiger partial charge on any atom is -0.408 e. The minimum atomic E-state index is -2.18. The molecule has 1 fully saturated rings. The molecular weight excluding hydrogens is 382 g/mol. The van der Waals surface area contributed by atoms with E-state index in [2.05, 4.69) is 44.2 Å². The summed E-state index contributed by atoms with van der Waals surface area (Å²) in [5.41, 5.74) is -0.594. The summed E-state index contributed by atoms with van der Waals surface area (Å²) in [6.07, 6.45) is -1.07. The lowest BCUT2D eigenvalue weighted by Crippen LogP contribution is -2.50. The van der Waals surface area contributed by atoms with Gasteiger partial charge in [0.15, 0.2) is 14.5 Å². The van der Waals surface area contributed by atoms with Crippen molar-refractivity contribution in [1.82, 2.24) is 9.55 Å². The zero-order chi connectivity index (χ0) is 21.3. The number of rotatable bonds is 6. The molecule has 28 heavy (non-hydrogen) atoms. The second-order valence-corrected chi connectivity index (χ2v) is 13.2. The van der Waals surface area contributed by atoms with E-state index in [1.807, 2.05) is 0 Å². The second-order valence-electron chi connectivity index (χ2n) is 8.47. The van der Waals surface area contributed by atoms with Crippen molar-refractivity contribution in [2.75, 3.05) is 19.0 Å². The van der Waals surface area contributed by atoms with Gasteiger partial charge in [0.2, 0.25) is 5.91 Å². The van der Waals surface area contributed by atoms with Crippen LogP contribution in [-0.2, 0) is 18.7 Å². The fraction of sp³-hybridized carbons (Fsp3) is 0.722. The number of aliphatic hydroxyl groups excluding tert-OH is 1. The standard InChI is InChI=1S/C18H31N3O6Si/c1-11(23)19-13-8-9-21(17(24)20-13)16-15(25-5)14(12(10-22)26-16)27-28(6,7)18(2,3)4/h8-9,12,14-16,22H,10H2,1-7H3,(H,19,20,23,24)/t12-,14?,15+,16-/m1/s1. The van der Waals surface area contributed by atoms with Gasteiger partial charge < -0.3 is 24.3 Å². The van der Waals surface area contributed by atoms with Gasteiger partial charge in [0.25, 0.3) is 0 Å². The van der Waals surface area contributed by atoms with Gasteiger partial charge in [-0.3, -0.25) is 9.36 Å². The average Bonchev–Trinajstić information content (AvgIpc) is 2.90. The Morgan fingerprint density at radius 2 is 2.04 bits per heavy atom. The van der Waals surface area contributed by atoms with Crippen LogP contribution in [0, 0.1) is 0 Å². The number of methoxy groups -OCH3 is 1. The fourth-order valence-corrected chi connectivity index (χ4v) is 4.17. The van der Waals surface area contributed by atoms with E-state index >= 15 is 0 Å². The van der Waals surface area contributed by atoms with Crippen LogP contribution >= 0.6 is 0 Å². The Balaban J connectivity index is 2.34. The number of nitrogens with zero attached hydrogens (tertiary/aromatic N) is 2. The SMILES string of the molecule is CO[C@H]1C(O[Si](C)(C)C(C)(C)C)[C@@H](CO)O[C@H]1n1ccc(NC(C)=O)nc1=O. The monoisotopic (exact) mass is 413 g/mol. The van der Waals surface area contributed by atoms with E-state index in [-0.39, 0.29) is 23.4 Å². The van der Waals surface area contributed by atoms with Crippen LogP contribution in [0.4, 0.5) is 5.82 Å². The smallest absolute Gasteiger partial charge is 0.351 e. The predicted octanol–water partition coefficient (Wildman–Crippen LogP) is 1.50. The maximum Gasteiger partial charge on any atom is 0.351 e. The average molecular weight is 414 g/mol. The summed E-state index contributed by atoms with van der Waals surface area (Å²) in [7, 11) is -0.658.